The van der Waals surface area contributed by atoms with Crippen molar-refractivity contribution in [3.05, 3.63) is 94.9 Å². The van der Waals surface area contributed by atoms with Crippen LogP contribution in [-0.2, 0) is 9.59 Å². The van der Waals surface area contributed by atoms with Gasteiger partial charge in [-0.1, -0.05) is 30.3 Å². The van der Waals surface area contributed by atoms with E-state index in [2.05, 4.69) is 5.32 Å². The van der Waals surface area contributed by atoms with E-state index in [1.54, 1.807) is 18.2 Å². The lowest BCUT2D eigenvalue weighted by Gasteiger charge is -2.15. The van der Waals surface area contributed by atoms with Crippen LogP contribution in [0, 0.1) is 19.7 Å². The van der Waals surface area contributed by atoms with Gasteiger partial charge in [0, 0.05) is 11.8 Å². The maximum Gasteiger partial charge on any atom is 0.282 e. The Morgan fingerprint density at radius 3 is 2.41 bits per heavy atom. The van der Waals surface area contributed by atoms with Crippen LogP contribution in [0.3, 0.4) is 0 Å². The molecule has 0 spiro atoms. The molecule has 0 unspecified atom stereocenters. The summed E-state index contributed by atoms with van der Waals surface area (Å²) >= 11 is 0. The molecular weight excluding hydrogens is 407 g/mol. The van der Waals surface area contributed by atoms with Crippen LogP contribution in [0.5, 0.6) is 5.75 Å². The fourth-order valence-electron chi connectivity index (χ4n) is 3.63. The van der Waals surface area contributed by atoms with Crippen molar-refractivity contribution in [2.24, 2.45) is 0 Å². The fraction of sp³-hybridized carbons (Fsp3) is 0.154. The van der Waals surface area contributed by atoms with Crippen molar-refractivity contribution in [1.82, 2.24) is 0 Å². The molecule has 0 bridgehead atoms. The number of amides is 2. The van der Waals surface area contributed by atoms with Crippen LogP contribution in [0.4, 0.5) is 15.8 Å². The summed E-state index contributed by atoms with van der Waals surface area (Å²) in [6.07, 6.45) is 0. The van der Waals surface area contributed by atoms with Gasteiger partial charge in [0.1, 0.15) is 17.3 Å². The van der Waals surface area contributed by atoms with Crippen molar-refractivity contribution < 1.29 is 18.7 Å². The van der Waals surface area contributed by atoms with Crippen molar-refractivity contribution in [3.63, 3.8) is 0 Å². The molecule has 0 saturated heterocycles. The van der Waals surface area contributed by atoms with Crippen molar-refractivity contribution in [2.75, 3.05) is 16.8 Å². The van der Waals surface area contributed by atoms with Gasteiger partial charge < -0.3 is 10.1 Å². The summed E-state index contributed by atoms with van der Waals surface area (Å²) < 4.78 is 19.4. The number of nitrogens with one attached hydrogen (secondary N) is 1. The highest BCUT2D eigenvalue weighted by molar-refractivity contribution is 6.46. The van der Waals surface area contributed by atoms with Gasteiger partial charge in [-0.3, -0.25) is 9.59 Å². The van der Waals surface area contributed by atoms with Crippen LogP contribution < -0.4 is 15.0 Å². The zero-order valence-electron chi connectivity index (χ0n) is 18.1. The minimum atomic E-state index is -0.546. The molecule has 0 radical (unpaired) electrons. The summed E-state index contributed by atoms with van der Waals surface area (Å²) in [6, 6.07) is 18.2. The molecule has 6 heteroatoms. The van der Waals surface area contributed by atoms with Gasteiger partial charge in [0.2, 0.25) is 0 Å². The first-order valence-electron chi connectivity index (χ1n) is 10.3. The van der Waals surface area contributed by atoms with E-state index in [9.17, 15) is 14.0 Å². The van der Waals surface area contributed by atoms with Crippen LogP contribution in [-0.4, -0.2) is 18.4 Å². The lowest BCUT2D eigenvalue weighted by atomic mass is 9.99. The third-order valence-electron chi connectivity index (χ3n) is 5.36. The summed E-state index contributed by atoms with van der Waals surface area (Å²) in [5.74, 6) is -0.936. The molecule has 32 heavy (non-hydrogen) atoms. The van der Waals surface area contributed by atoms with Crippen molar-refractivity contribution in [1.29, 1.82) is 0 Å². The van der Waals surface area contributed by atoms with E-state index >= 15 is 0 Å². The van der Waals surface area contributed by atoms with Crippen LogP contribution in [0.25, 0.3) is 5.57 Å². The molecule has 0 saturated carbocycles. The Morgan fingerprint density at radius 2 is 1.69 bits per heavy atom. The summed E-state index contributed by atoms with van der Waals surface area (Å²) in [6.45, 7) is 6.32. The van der Waals surface area contributed by atoms with Crippen LogP contribution >= 0.6 is 0 Å². The largest absolute Gasteiger partial charge is 0.494 e. The molecule has 3 aromatic carbocycles. The van der Waals surface area contributed by atoms with Crippen LogP contribution in [0.15, 0.2) is 72.4 Å². The first-order chi connectivity index (χ1) is 15.4. The summed E-state index contributed by atoms with van der Waals surface area (Å²) in [4.78, 5) is 27.9. The topological polar surface area (TPSA) is 58.6 Å². The van der Waals surface area contributed by atoms with Gasteiger partial charge in [-0.05, 0) is 67.8 Å². The lowest BCUT2D eigenvalue weighted by molar-refractivity contribution is -0.120. The molecule has 1 aliphatic rings. The van der Waals surface area contributed by atoms with E-state index in [1.165, 1.54) is 24.3 Å². The number of benzene rings is 3. The summed E-state index contributed by atoms with van der Waals surface area (Å²) in [7, 11) is 0. The van der Waals surface area contributed by atoms with E-state index in [-0.39, 0.29) is 17.0 Å². The van der Waals surface area contributed by atoms with Gasteiger partial charge in [-0.2, -0.15) is 0 Å². The Kier molecular flexibility index (Phi) is 5.77. The zero-order chi connectivity index (χ0) is 22.8. The molecule has 1 heterocycles. The Bertz CT molecular complexity index is 1250. The average molecular weight is 430 g/mol. The lowest BCUT2D eigenvalue weighted by Crippen LogP contribution is -2.32. The molecular formula is C26H23FN2O3. The van der Waals surface area contributed by atoms with E-state index < -0.39 is 17.6 Å². The molecule has 0 fully saturated rings. The van der Waals surface area contributed by atoms with E-state index in [0.29, 0.717) is 23.6 Å². The van der Waals surface area contributed by atoms with Gasteiger partial charge in [-0.15, -0.1) is 0 Å². The second-order valence-corrected chi connectivity index (χ2v) is 7.56. The Hall–Kier alpha value is -3.93. The number of hydrogen-bond donors (Lipinski definition) is 1. The Morgan fingerprint density at radius 1 is 0.906 bits per heavy atom. The highest BCUT2D eigenvalue weighted by atomic mass is 19.1. The predicted molar refractivity (Wildman–Crippen MR) is 123 cm³/mol. The van der Waals surface area contributed by atoms with Crippen molar-refractivity contribution in [3.8, 4) is 5.75 Å². The average Bonchev–Trinajstić information content (AvgIpc) is 3.00. The number of anilines is 2. The fourth-order valence-corrected chi connectivity index (χ4v) is 3.63. The first kappa shape index (κ1) is 21.3. The standard InChI is InChI=1S/C26H23FN2O3/c1-4-32-22-10-6-8-20(15-22)28-24-23(18-12-11-16(2)17(3)13-18)25(30)29(26(24)31)21-9-5-7-19(27)14-21/h5-15,28H,4H2,1-3H3. The van der Waals surface area contributed by atoms with Crippen LogP contribution in [0.2, 0.25) is 0 Å². The molecule has 3 aromatic rings. The SMILES string of the molecule is CCOc1cccc(NC2=C(c3ccc(C)c(C)c3)C(=O)N(c3cccc(F)c3)C2=O)c1. The van der Waals surface area contributed by atoms with E-state index in [0.717, 1.165) is 16.0 Å². The highest BCUT2D eigenvalue weighted by Crippen LogP contribution is 2.35. The minimum absolute atomic E-state index is 0.135. The molecule has 1 N–H and O–H groups in total. The second-order valence-electron chi connectivity index (χ2n) is 7.56. The number of halogens is 1. The Balaban J connectivity index is 1.82. The smallest absolute Gasteiger partial charge is 0.282 e. The number of rotatable bonds is 6. The molecule has 2 amide bonds. The zero-order valence-corrected chi connectivity index (χ0v) is 18.1. The number of imide groups is 1. The predicted octanol–water partition coefficient (Wildman–Crippen LogP) is 5.24. The molecule has 5 nitrogen and oxygen atoms in total. The van der Waals surface area contributed by atoms with Crippen LogP contribution in [0.1, 0.15) is 23.6 Å². The van der Waals surface area contributed by atoms with Gasteiger partial charge in [0.15, 0.2) is 0 Å². The number of nitrogens with zero attached hydrogens (tertiary/aromatic N) is 1. The highest BCUT2D eigenvalue weighted by Gasteiger charge is 2.40. The monoisotopic (exact) mass is 430 g/mol. The third kappa shape index (κ3) is 3.99. The second kappa shape index (κ2) is 8.67. The van der Waals surface area contributed by atoms with Gasteiger partial charge in [0.25, 0.3) is 11.8 Å². The van der Waals surface area contributed by atoms with Gasteiger partial charge in [-0.25, -0.2) is 9.29 Å². The van der Waals surface area contributed by atoms with Crippen molar-refractivity contribution >= 4 is 28.8 Å². The number of ether oxygens (including phenoxy) is 1. The molecule has 4 rings (SSSR count). The van der Waals surface area contributed by atoms with Crippen molar-refractivity contribution in [2.45, 2.75) is 20.8 Å². The number of carbonyl (C=O) groups is 2. The third-order valence-corrected chi connectivity index (χ3v) is 5.36. The molecule has 0 aliphatic carbocycles. The summed E-state index contributed by atoms with van der Waals surface area (Å²) in [5, 5.41) is 3.11. The summed E-state index contributed by atoms with van der Waals surface area (Å²) in [5.41, 5.74) is 3.86. The molecule has 1 aliphatic heterocycles. The molecule has 0 aromatic heterocycles. The van der Waals surface area contributed by atoms with Gasteiger partial charge >= 0.3 is 0 Å². The Labute approximate surface area is 186 Å². The molecule has 162 valence electrons. The first-order valence-corrected chi connectivity index (χ1v) is 10.3. The number of carbonyl (C=O) groups excluding carboxylic acids is 2. The minimum Gasteiger partial charge on any atom is -0.494 e. The normalized spacial score (nSPS) is 13.7. The van der Waals surface area contributed by atoms with E-state index in [4.69, 9.17) is 4.74 Å². The maximum absolute atomic E-state index is 13.9. The quantitative estimate of drug-likeness (QED) is 0.544. The molecule has 0 atom stereocenters. The van der Waals surface area contributed by atoms with Gasteiger partial charge in [0.05, 0.1) is 17.9 Å². The maximum atomic E-state index is 13.9. The number of aryl methyl sites for hydroxylation is 2. The number of hydrogen-bond acceptors (Lipinski definition) is 4. The van der Waals surface area contributed by atoms with E-state index in [1.807, 2.05) is 45.0 Å².